The second kappa shape index (κ2) is 5.75. The molecule has 0 saturated carbocycles. The summed E-state index contributed by atoms with van der Waals surface area (Å²) in [5.41, 5.74) is 0. The van der Waals surface area contributed by atoms with E-state index >= 15 is 0 Å². The highest BCUT2D eigenvalue weighted by Gasteiger charge is 2.08. The predicted molar refractivity (Wildman–Crippen MR) is 58.2 cm³/mol. The lowest BCUT2D eigenvalue weighted by molar-refractivity contribution is 0.110. The van der Waals surface area contributed by atoms with E-state index in [0.717, 1.165) is 4.47 Å². The van der Waals surface area contributed by atoms with Crippen molar-refractivity contribution in [1.29, 1.82) is 0 Å². The zero-order valence-corrected chi connectivity index (χ0v) is 9.90. The van der Waals surface area contributed by atoms with Crippen molar-refractivity contribution in [2.45, 2.75) is 18.9 Å². The third-order valence-corrected chi connectivity index (χ3v) is 3.72. The van der Waals surface area contributed by atoms with Crippen molar-refractivity contribution < 1.29 is 9.84 Å². The maximum Gasteiger partial charge on any atom is 0.0610 e. The molecule has 1 rings (SSSR count). The summed E-state index contributed by atoms with van der Waals surface area (Å²) < 4.78 is 5.99. The second-order valence-corrected chi connectivity index (χ2v) is 4.69. The van der Waals surface area contributed by atoms with Crippen molar-refractivity contribution in [3.63, 3.8) is 0 Å². The fourth-order valence-electron chi connectivity index (χ4n) is 1.04. The molecule has 1 heterocycles. The number of ether oxygens (including phenoxy) is 1. The smallest absolute Gasteiger partial charge is 0.0610 e. The van der Waals surface area contributed by atoms with Crippen LogP contribution in [0.1, 0.15) is 11.3 Å². The molecule has 1 N–H and O–H groups in total. The van der Waals surface area contributed by atoms with Gasteiger partial charge in [0.2, 0.25) is 0 Å². The molecule has 74 valence electrons. The molecule has 0 amide bonds. The van der Waals surface area contributed by atoms with Crippen LogP contribution in [0.3, 0.4) is 0 Å². The van der Waals surface area contributed by atoms with E-state index in [0.29, 0.717) is 19.4 Å². The average molecular weight is 265 g/mol. The summed E-state index contributed by atoms with van der Waals surface area (Å²) in [5, 5.41) is 11.6. The van der Waals surface area contributed by atoms with Crippen LogP contribution in [0.2, 0.25) is 0 Å². The normalized spacial score (nSPS) is 13.2. The van der Waals surface area contributed by atoms with Gasteiger partial charge >= 0.3 is 0 Å². The highest BCUT2D eigenvalue weighted by molar-refractivity contribution is 9.10. The monoisotopic (exact) mass is 264 g/mol. The largest absolute Gasteiger partial charge is 0.393 e. The molecule has 1 aromatic heterocycles. The van der Waals surface area contributed by atoms with E-state index in [4.69, 9.17) is 4.74 Å². The number of hydrogen-bond acceptors (Lipinski definition) is 3. The van der Waals surface area contributed by atoms with Crippen LogP contribution < -0.4 is 0 Å². The van der Waals surface area contributed by atoms with Crippen molar-refractivity contribution in [2.24, 2.45) is 0 Å². The predicted octanol–water partition coefficient (Wildman–Crippen LogP) is 2.45. The Labute approximate surface area is 90.7 Å². The molecule has 0 bridgehead atoms. The molecule has 0 fully saturated rings. The molecule has 0 aliphatic carbocycles. The van der Waals surface area contributed by atoms with Gasteiger partial charge in [-0.05, 0) is 33.8 Å². The first-order valence-electron chi connectivity index (χ1n) is 4.13. The molecule has 0 aliphatic heterocycles. The summed E-state index contributed by atoms with van der Waals surface area (Å²) >= 11 is 5.09. The van der Waals surface area contributed by atoms with Crippen LogP contribution in [-0.4, -0.2) is 24.9 Å². The van der Waals surface area contributed by atoms with E-state index in [-0.39, 0.29) is 6.10 Å². The lowest BCUT2D eigenvalue weighted by atomic mass is 10.2. The van der Waals surface area contributed by atoms with E-state index in [1.165, 1.54) is 4.88 Å². The van der Waals surface area contributed by atoms with Gasteiger partial charge in [0.05, 0.1) is 6.10 Å². The minimum atomic E-state index is -0.296. The summed E-state index contributed by atoms with van der Waals surface area (Å²) in [6, 6.07) is 2.00. The second-order valence-electron chi connectivity index (χ2n) is 2.83. The molecule has 0 spiro atoms. The van der Waals surface area contributed by atoms with Gasteiger partial charge in [0.25, 0.3) is 0 Å². The quantitative estimate of drug-likeness (QED) is 0.886. The Balaban J connectivity index is 2.36. The standard InChI is InChI=1S/C9H13BrO2S/c1-12-4-2-7(11)6-9-8(10)3-5-13-9/h3,5,7,11H,2,4,6H2,1H3. The maximum absolute atomic E-state index is 9.58. The number of methoxy groups -OCH3 is 1. The number of halogens is 1. The van der Waals surface area contributed by atoms with Crippen molar-refractivity contribution >= 4 is 27.3 Å². The van der Waals surface area contributed by atoms with Gasteiger partial charge in [0, 0.05) is 29.5 Å². The van der Waals surface area contributed by atoms with Crippen molar-refractivity contribution in [3.05, 3.63) is 20.8 Å². The van der Waals surface area contributed by atoms with E-state index in [2.05, 4.69) is 15.9 Å². The lowest BCUT2D eigenvalue weighted by Gasteiger charge is -2.08. The number of aliphatic hydroxyl groups excluding tert-OH is 1. The third kappa shape index (κ3) is 3.77. The summed E-state index contributed by atoms with van der Waals surface area (Å²) in [4.78, 5) is 1.20. The number of thiophene rings is 1. The fourth-order valence-corrected chi connectivity index (χ4v) is 2.63. The summed E-state index contributed by atoms with van der Waals surface area (Å²) in [7, 11) is 1.65. The maximum atomic E-state index is 9.58. The molecule has 1 aromatic rings. The Morgan fingerprint density at radius 2 is 2.46 bits per heavy atom. The molecule has 13 heavy (non-hydrogen) atoms. The van der Waals surface area contributed by atoms with Crippen LogP contribution in [0.4, 0.5) is 0 Å². The van der Waals surface area contributed by atoms with Gasteiger partial charge in [0.15, 0.2) is 0 Å². The minimum absolute atomic E-state index is 0.296. The zero-order chi connectivity index (χ0) is 9.68. The van der Waals surface area contributed by atoms with Crippen molar-refractivity contribution in [1.82, 2.24) is 0 Å². The summed E-state index contributed by atoms with van der Waals surface area (Å²) in [6.45, 7) is 0.615. The van der Waals surface area contributed by atoms with E-state index in [1.54, 1.807) is 18.4 Å². The minimum Gasteiger partial charge on any atom is -0.393 e. The van der Waals surface area contributed by atoms with Gasteiger partial charge < -0.3 is 9.84 Å². The van der Waals surface area contributed by atoms with Crippen LogP contribution in [0.25, 0.3) is 0 Å². The van der Waals surface area contributed by atoms with Crippen LogP contribution in [0.5, 0.6) is 0 Å². The highest BCUT2D eigenvalue weighted by atomic mass is 79.9. The van der Waals surface area contributed by atoms with Gasteiger partial charge in [0.1, 0.15) is 0 Å². The van der Waals surface area contributed by atoms with Gasteiger partial charge in [-0.25, -0.2) is 0 Å². The molecule has 2 nitrogen and oxygen atoms in total. The molecular formula is C9H13BrO2S. The lowest BCUT2D eigenvalue weighted by Crippen LogP contribution is -2.12. The van der Waals surface area contributed by atoms with E-state index in [1.807, 2.05) is 11.4 Å². The van der Waals surface area contributed by atoms with Crippen LogP contribution in [-0.2, 0) is 11.2 Å². The number of rotatable bonds is 5. The van der Waals surface area contributed by atoms with Crippen LogP contribution >= 0.6 is 27.3 Å². The van der Waals surface area contributed by atoms with Crippen LogP contribution in [0, 0.1) is 0 Å². The van der Waals surface area contributed by atoms with Crippen LogP contribution in [0.15, 0.2) is 15.9 Å². The topological polar surface area (TPSA) is 29.5 Å². The highest BCUT2D eigenvalue weighted by Crippen LogP contribution is 2.24. The van der Waals surface area contributed by atoms with Gasteiger partial charge in [-0.15, -0.1) is 11.3 Å². The zero-order valence-electron chi connectivity index (χ0n) is 7.50. The Morgan fingerprint density at radius 3 is 3.00 bits per heavy atom. The van der Waals surface area contributed by atoms with Gasteiger partial charge in [-0.3, -0.25) is 0 Å². The van der Waals surface area contributed by atoms with E-state index in [9.17, 15) is 5.11 Å². The molecule has 1 unspecified atom stereocenters. The molecule has 1 atom stereocenters. The van der Waals surface area contributed by atoms with Gasteiger partial charge in [-0.1, -0.05) is 0 Å². The molecule has 0 saturated heterocycles. The van der Waals surface area contributed by atoms with E-state index < -0.39 is 0 Å². The molecule has 4 heteroatoms. The Bertz CT molecular complexity index is 250. The molecule has 0 aromatic carbocycles. The molecular weight excluding hydrogens is 252 g/mol. The number of hydrogen-bond donors (Lipinski definition) is 1. The first kappa shape index (κ1) is 11.2. The Kier molecular flexibility index (Phi) is 4.94. The third-order valence-electron chi connectivity index (χ3n) is 1.77. The Morgan fingerprint density at radius 1 is 1.69 bits per heavy atom. The molecule has 0 radical (unpaired) electrons. The summed E-state index contributed by atoms with van der Waals surface area (Å²) in [6.07, 6.45) is 1.11. The first-order chi connectivity index (χ1) is 6.24. The Hall–Kier alpha value is 0.100. The summed E-state index contributed by atoms with van der Waals surface area (Å²) in [5.74, 6) is 0. The number of aliphatic hydroxyl groups is 1. The van der Waals surface area contributed by atoms with Gasteiger partial charge in [-0.2, -0.15) is 0 Å². The fraction of sp³-hybridized carbons (Fsp3) is 0.556. The SMILES string of the molecule is COCCC(O)Cc1sccc1Br. The first-order valence-corrected chi connectivity index (χ1v) is 5.80. The average Bonchev–Trinajstić information content (AvgIpc) is 2.48. The van der Waals surface area contributed by atoms with Crippen molar-refractivity contribution in [3.8, 4) is 0 Å². The molecule has 0 aliphatic rings. The van der Waals surface area contributed by atoms with Crippen molar-refractivity contribution in [2.75, 3.05) is 13.7 Å².